The fourth-order valence-corrected chi connectivity index (χ4v) is 1.55. The zero-order valence-corrected chi connectivity index (χ0v) is 9.61. The fourth-order valence-electron chi connectivity index (χ4n) is 1.55. The largest absolute Gasteiger partial charge is 0.401 e. The Bertz CT molecular complexity index is 338. The molecule has 1 rings (SSSR count). The molecule has 0 bridgehead atoms. The molecule has 98 valence electrons. The van der Waals surface area contributed by atoms with Crippen LogP contribution in [0.15, 0.2) is 12.3 Å². The number of rotatable bonds is 6. The van der Waals surface area contributed by atoms with Gasteiger partial charge < -0.3 is 5.11 Å². The van der Waals surface area contributed by atoms with Crippen LogP contribution in [-0.4, -0.2) is 45.7 Å². The molecule has 7 heteroatoms. The van der Waals surface area contributed by atoms with Gasteiger partial charge in [0.1, 0.15) is 0 Å². The molecule has 1 N–H and O–H groups in total. The molecule has 4 nitrogen and oxygen atoms in total. The van der Waals surface area contributed by atoms with Crippen molar-refractivity contribution in [2.45, 2.75) is 19.1 Å². The Morgan fingerprint density at radius 2 is 2.18 bits per heavy atom. The van der Waals surface area contributed by atoms with Crippen molar-refractivity contribution >= 4 is 0 Å². The highest BCUT2D eigenvalue weighted by Gasteiger charge is 2.30. The van der Waals surface area contributed by atoms with E-state index in [9.17, 15) is 13.2 Å². The zero-order valence-electron chi connectivity index (χ0n) is 9.61. The van der Waals surface area contributed by atoms with E-state index < -0.39 is 12.7 Å². The van der Waals surface area contributed by atoms with E-state index in [1.54, 1.807) is 24.0 Å². The summed E-state index contributed by atoms with van der Waals surface area (Å²) in [6, 6.07) is 1.68. The summed E-state index contributed by atoms with van der Waals surface area (Å²) in [7, 11) is 1.69. The van der Waals surface area contributed by atoms with Gasteiger partial charge in [-0.1, -0.05) is 0 Å². The van der Waals surface area contributed by atoms with E-state index in [4.69, 9.17) is 5.11 Å². The highest BCUT2D eigenvalue weighted by molar-refractivity contribution is 4.99. The van der Waals surface area contributed by atoms with Crippen LogP contribution in [-0.2, 0) is 13.6 Å². The standard InChI is InChI=1S/C10H16F3N3O/c1-15-9(3-4-14-15)7-16(5-2-6-17)8-10(11,12)13/h3-4,17H,2,5-8H2,1H3. The first-order chi connectivity index (χ1) is 7.92. The maximum absolute atomic E-state index is 12.3. The van der Waals surface area contributed by atoms with Gasteiger partial charge in [-0.05, 0) is 12.5 Å². The number of aliphatic hydroxyl groups is 1. The number of hydrogen-bond donors (Lipinski definition) is 1. The number of aliphatic hydroxyl groups excluding tert-OH is 1. The molecule has 1 aromatic heterocycles. The van der Waals surface area contributed by atoms with Crippen molar-refractivity contribution in [3.63, 3.8) is 0 Å². The summed E-state index contributed by atoms with van der Waals surface area (Å²) in [5.74, 6) is 0. The van der Waals surface area contributed by atoms with E-state index in [0.29, 0.717) is 12.1 Å². The maximum Gasteiger partial charge on any atom is 0.401 e. The molecular weight excluding hydrogens is 235 g/mol. The van der Waals surface area contributed by atoms with Crippen molar-refractivity contribution in [2.24, 2.45) is 7.05 Å². The molecule has 0 saturated heterocycles. The van der Waals surface area contributed by atoms with Gasteiger partial charge in [0, 0.05) is 32.9 Å². The van der Waals surface area contributed by atoms with Crippen LogP contribution in [0.5, 0.6) is 0 Å². The van der Waals surface area contributed by atoms with Crippen molar-refractivity contribution in [1.82, 2.24) is 14.7 Å². The summed E-state index contributed by atoms with van der Waals surface area (Å²) >= 11 is 0. The Kier molecular flexibility index (Phi) is 4.95. The molecule has 0 aromatic carbocycles. The van der Waals surface area contributed by atoms with E-state index in [1.807, 2.05) is 0 Å². The Labute approximate surface area is 97.6 Å². The fraction of sp³-hybridized carbons (Fsp3) is 0.700. The summed E-state index contributed by atoms with van der Waals surface area (Å²) in [4.78, 5) is 1.26. The molecule has 0 fully saturated rings. The number of halogens is 3. The van der Waals surface area contributed by atoms with Crippen molar-refractivity contribution in [2.75, 3.05) is 19.7 Å². The van der Waals surface area contributed by atoms with Gasteiger partial charge in [-0.15, -0.1) is 0 Å². The summed E-state index contributed by atoms with van der Waals surface area (Å²) in [5.41, 5.74) is 0.715. The molecule has 0 aliphatic heterocycles. The second-order valence-electron chi connectivity index (χ2n) is 3.85. The Morgan fingerprint density at radius 3 is 2.65 bits per heavy atom. The number of aromatic nitrogens is 2. The topological polar surface area (TPSA) is 41.3 Å². The second kappa shape index (κ2) is 6.02. The normalized spacial score (nSPS) is 12.4. The molecule has 1 aromatic rings. The highest BCUT2D eigenvalue weighted by atomic mass is 19.4. The number of aryl methyl sites for hydroxylation is 1. The third-order valence-corrected chi connectivity index (χ3v) is 2.34. The molecule has 0 aliphatic rings. The lowest BCUT2D eigenvalue weighted by atomic mass is 10.3. The molecule has 0 atom stereocenters. The van der Waals surface area contributed by atoms with Crippen molar-refractivity contribution < 1.29 is 18.3 Å². The first-order valence-electron chi connectivity index (χ1n) is 5.29. The molecular formula is C10H16F3N3O. The van der Waals surface area contributed by atoms with Crippen LogP contribution >= 0.6 is 0 Å². The molecule has 0 spiro atoms. The first kappa shape index (κ1) is 14.0. The Hall–Kier alpha value is -1.08. The van der Waals surface area contributed by atoms with Gasteiger partial charge in [0.05, 0.1) is 12.2 Å². The summed E-state index contributed by atoms with van der Waals surface area (Å²) in [5, 5.41) is 12.6. The van der Waals surface area contributed by atoms with Crippen LogP contribution in [0.2, 0.25) is 0 Å². The molecule has 0 aliphatic carbocycles. The van der Waals surface area contributed by atoms with Crippen LogP contribution in [0.25, 0.3) is 0 Å². The molecule has 0 saturated carbocycles. The highest BCUT2D eigenvalue weighted by Crippen LogP contribution is 2.18. The third kappa shape index (κ3) is 5.18. The number of nitrogens with zero attached hydrogens (tertiary/aromatic N) is 3. The number of alkyl halides is 3. The van der Waals surface area contributed by atoms with E-state index >= 15 is 0 Å². The quantitative estimate of drug-likeness (QED) is 0.825. The van der Waals surface area contributed by atoms with E-state index in [1.165, 1.54) is 4.90 Å². The average molecular weight is 251 g/mol. The zero-order chi connectivity index (χ0) is 12.9. The minimum atomic E-state index is -4.23. The van der Waals surface area contributed by atoms with Crippen LogP contribution < -0.4 is 0 Å². The monoisotopic (exact) mass is 251 g/mol. The smallest absolute Gasteiger partial charge is 0.396 e. The second-order valence-corrected chi connectivity index (χ2v) is 3.85. The first-order valence-corrected chi connectivity index (χ1v) is 5.29. The summed E-state index contributed by atoms with van der Waals surface area (Å²) in [6.07, 6.45) is -2.35. The van der Waals surface area contributed by atoms with Gasteiger partial charge in [-0.25, -0.2) is 0 Å². The van der Waals surface area contributed by atoms with Crippen LogP contribution in [0.3, 0.4) is 0 Å². The summed E-state index contributed by atoms with van der Waals surface area (Å²) < 4.78 is 38.6. The lowest BCUT2D eigenvalue weighted by Crippen LogP contribution is -2.35. The maximum atomic E-state index is 12.3. The van der Waals surface area contributed by atoms with Gasteiger partial charge in [0.15, 0.2) is 0 Å². The van der Waals surface area contributed by atoms with E-state index in [0.717, 1.165) is 0 Å². The van der Waals surface area contributed by atoms with Crippen LogP contribution in [0.1, 0.15) is 12.1 Å². The molecule has 17 heavy (non-hydrogen) atoms. The lowest BCUT2D eigenvalue weighted by molar-refractivity contribution is -0.147. The van der Waals surface area contributed by atoms with Gasteiger partial charge in [0.25, 0.3) is 0 Å². The lowest BCUT2D eigenvalue weighted by Gasteiger charge is -2.23. The SMILES string of the molecule is Cn1nccc1CN(CCCO)CC(F)(F)F. The molecule has 0 amide bonds. The predicted octanol–water partition coefficient (Wildman–Crippen LogP) is 1.17. The third-order valence-electron chi connectivity index (χ3n) is 2.34. The minimum absolute atomic E-state index is 0.111. The minimum Gasteiger partial charge on any atom is -0.396 e. The Balaban J connectivity index is 2.60. The van der Waals surface area contributed by atoms with E-state index in [-0.39, 0.29) is 19.7 Å². The van der Waals surface area contributed by atoms with Gasteiger partial charge in [0.2, 0.25) is 0 Å². The number of hydrogen-bond acceptors (Lipinski definition) is 3. The predicted molar refractivity (Wildman–Crippen MR) is 56.2 cm³/mol. The van der Waals surface area contributed by atoms with E-state index in [2.05, 4.69) is 5.10 Å². The molecule has 0 unspecified atom stereocenters. The molecule has 0 radical (unpaired) electrons. The van der Waals surface area contributed by atoms with Crippen LogP contribution in [0, 0.1) is 0 Å². The van der Waals surface area contributed by atoms with Gasteiger partial charge in [-0.2, -0.15) is 18.3 Å². The van der Waals surface area contributed by atoms with Crippen molar-refractivity contribution in [1.29, 1.82) is 0 Å². The van der Waals surface area contributed by atoms with Crippen LogP contribution in [0.4, 0.5) is 13.2 Å². The summed E-state index contributed by atoms with van der Waals surface area (Å²) in [6.45, 7) is -0.699. The molecule has 1 heterocycles. The van der Waals surface area contributed by atoms with Gasteiger partial charge in [-0.3, -0.25) is 9.58 Å². The van der Waals surface area contributed by atoms with Crippen molar-refractivity contribution in [3.8, 4) is 0 Å². The Morgan fingerprint density at radius 1 is 1.47 bits per heavy atom. The van der Waals surface area contributed by atoms with Crippen molar-refractivity contribution in [3.05, 3.63) is 18.0 Å². The van der Waals surface area contributed by atoms with Gasteiger partial charge >= 0.3 is 6.18 Å². The average Bonchev–Trinajstić information content (AvgIpc) is 2.59.